The van der Waals surface area contributed by atoms with Gasteiger partial charge in [0, 0.05) is 7.11 Å². The summed E-state index contributed by atoms with van der Waals surface area (Å²) in [6, 6.07) is 19.9. The first kappa shape index (κ1) is 13.8. The van der Waals surface area contributed by atoms with Crippen LogP contribution in [0.2, 0.25) is 0 Å². The van der Waals surface area contributed by atoms with E-state index in [1.54, 1.807) is 7.11 Å². The second-order valence-electron chi connectivity index (χ2n) is 4.82. The van der Waals surface area contributed by atoms with Crippen LogP contribution >= 0.6 is 0 Å². The van der Waals surface area contributed by atoms with Gasteiger partial charge in [-0.2, -0.15) is 0 Å². The van der Waals surface area contributed by atoms with Crippen LogP contribution in [-0.2, 0) is 16.8 Å². The van der Waals surface area contributed by atoms with Crippen LogP contribution in [0, 0.1) is 0 Å². The zero-order chi connectivity index (χ0) is 13.6. The van der Waals surface area contributed by atoms with Gasteiger partial charge in [0.1, 0.15) is 5.60 Å². The van der Waals surface area contributed by atoms with Crippen molar-refractivity contribution < 1.29 is 9.84 Å². The molecule has 2 rings (SSSR count). The number of rotatable bonds is 6. The molecule has 0 aliphatic heterocycles. The van der Waals surface area contributed by atoms with Gasteiger partial charge in [-0.3, -0.25) is 0 Å². The van der Waals surface area contributed by atoms with Crippen molar-refractivity contribution in [2.45, 2.75) is 18.4 Å². The minimum absolute atomic E-state index is 0.309. The lowest BCUT2D eigenvalue weighted by Gasteiger charge is -2.28. The fraction of sp³-hybridized carbons (Fsp3) is 0.294. The molecule has 0 radical (unpaired) electrons. The second-order valence-corrected chi connectivity index (χ2v) is 4.82. The number of hydrogen-bond donors (Lipinski definition) is 1. The highest BCUT2D eigenvalue weighted by Gasteiger charge is 2.28. The third-order valence-corrected chi connectivity index (χ3v) is 3.36. The van der Waals surface area contributed by atoms with Crippen molar-refractivity contribution in [3.63, 3.8) is 0 Å². The van der Waals surface area contributed by atoms with E-state index in [1.807, 2.05) is 48.5 Å². The Bertz CT molecular complexity index is 481. The van der Waals surface area contributed by atoms with E-state index < -0.39 is 5.60 Å². The average molecular weight is 256 g/mol. The highest BCUT2D eigenvalue weighted by atomic mass is 16.5. The molecule has 1 atom stereocenters. The maximum Gasteiger partial charge on any atom is 0.113 e. The zero-order valence-electron chi connectivity index (χ0n) is 11.3. The lowest BCUT2D eigenvalue weighted by Crippen LogP contribution is -2.31. The third kappa shape index (κ3) is 3.66. The van der Waals surface area contributed by atoms with Crippen LogP contribution in [0.5, 0.6) is 0 Å². The number of hydrogen-bond acceptors (Lipinski definition) is 2. The first-order valence-electron chi connectivity index (χ1n) is 6.55. The molecule has 2 aromatic carbocycles. The molecule has 100 valence electrons. The van der Waals surface area contributed by atoms with Gasteiger partial charge < -0.3 is 9.84 Å². The Morgan fingerprint density at radius 3 is 2.11 bits per heavy atom. The predicted octanol–water partition coefficient (Wildman–Crippen LogP) is 3.15. The van der Waals surface area contributed by atoms with Gasteiger partial charge in [-0.1, -0.05) is 60.7 Å². The molecule has 0 fully saturated rings. The minimum Gasteiger partial charge on any atom is -0.383 e. The summed E-state index contributed by atoms with van der Waals surface area (Å²) >= 11 is 0. The van der Waals surface area contributed by atoms with E-state index in [1.165, 1.54) is 5.56 Å². The van der Waals surface area contributed by atoms with Crippen molar-refractivity contribution in [3.05, 3.63) is 71.8 Å². The SMILES string of the molecule is COC[C@](O)(CCc1ccccc1)c1ccccc1. The molecule has 0 aromatic heterocycles. The molecular weight excluding hydrogens is 236 g/mol. The lowest BCUT2D eigenvalue weighted by atomic mass is 9.88. The average Bonchev–Trinajstić information content (AvgIpc) is 2.48. The van der Waals surface area contributed by atoms with Gasteiger partial charge in [0.25, 0.3) is 0 Å². The van der Waals surface area contributed by atoms with Gasteiger partial charge in [0.2, 0.25) is 0 Å². The van der Waals surface area contributed by atoms with Crippen molar-refractivity contribution in [1.29, 1.82) is 0 Å². The van der Waals surface area contributed by atoms with Crippen LogP contribution in [0.3, 0.4) is 0 Å². The van der Waals surface area contributed by atoms with E-state index in [2.05, 4.69) is 12.1 Å². The molecular formula is C17H20O2. The molecule has 19 heavy (non-hydrogen) atoms. The standard InChI is InChI=1S/C17H20O2/c1-19-14-17(18,16-10-6-3-7-11-16)13-12-15-8-4-2-5-9-15/h2-11,18H,12-14H2,1H3/t17-/m1/s1. The molecule has 2 heteroatoms. The van der Waals surface area contributed by atoms with Crippen LogP contribution in [-0.4, -0.2) is 18.8 Å². The monoisotopic (exact) mass is 256 g/mol. The third-order valence-electron chi connectivity index (χ3n) is 3.36. The van der Waals surface area contributed by atoms with Crippen LogP contribution in [0.15, 0.2) is 60.7 Å². The van der Waals surface area contributed by atoms with Crippen LogP contribution in [0.1, 0.15) is 17.5 Å². The molecule has 0 spiro atoms. The number of aliphatic hydroxyl groups is 1. The Morgan fingerprint density at radius 1 is 0.947 bits per heavy atom. The van der Waals surface area contributed by atoms with Crippen LogP contribution in [0.25, 0.3) is 0 Å². The number of methoxy groups -OCH3 is 1. The molecule has 0 bridgehead atoms. The molecule has 0 saturated heterocycles. The summed E-state index contributed by atoms with van der Waals surface area (Å²) in [5, 5.41) is 10.8. The Labute approximate surface area is 114 Å². The van der Waals surface area contributed by atoms with Crippen molar-refractivity contribution in [2.24, 2.45) is 0 Å². The van der Waals surface area contributed by atoms with Gasteiger partial charge >= 0.3 is 0 Å². The summed E-state index contributed by atoms with van der Waals surface area (Å²) in [5.74, 6) is 0. The van der Waals surface area contributed by atoms with Crippen molar-refractivity contribution in [1.82, 2.24) is 0 Å². The summed E-state index contributed by atoms with van der Waals surface area (Å²) in [5.41, 5.74) is 1.21. The Kier molecular flexibility index (Phi) is 4.72. The maximum absolute atomic E-state index is 10.8. The lowest BCUT2D eigenvalue weighted by molar-refractivity contribution is -0.0418. The van der Waals surface area contributed by atoms with Gasteiger partial charge in [-0.15, -0.1) is 0 Å². The summed E-state index contributed by atoms with van der Waals surface area (Å²) in [7, 11) is 1.62. The van der Waals surface area contributed by atoms with Crippen molar-refractivity contribution >= 4 is 0 Å². The highest BCUT2D eigenvalue weighted by Crippen LogP contribution is 2.27. The fourth-order valence-corrected chi connectivity index (χ4v) is 2.28. The topological polar surface area (TPSA) is 29.5 Å². The molecule has 0 aliphatic rings. The van der Waals surface area contributed by atoms with Gasteiger partial charge in [0.15, 0.2) is 0 Å². The van der Waals surface area contributed by atoms with E-state index in [9.17, 15) is 5.11 Å². The van der Waals surface area contributed by atoms with Crippen molar-refractivity contribution in [3.8, 4) is 0 Å². The quantitative estimate of drug-likeness (QED) is 0.860. The Morgan fingerprint density at radius 2 is 1.53 bits per heavy atom. The van der Waals surface area contributed by atoms with E-state index in [-0.39, 0.29) is 0 Å². The molecule has 0 heterocycles. The van der Waals surface area contributed by atoms with Crippen LogP contribution < -0.4 is 0 Å². The van der Waals surface area contributed by atoms with Crippen molar-refractivity contribution in [2.75, 3.05) is 13.7 Å². The molecule has 0 unspecified atom stereocenters. The number of ether oxygens (including phenoxy) is 1. The first-order chi connectivity index (χ1) is 9.24. The Hall–Kier alpha value is -1.64. The van der Waals surface area contributed by atoms with Gasteiger partial charge in [-0.05, 0) is 24.0 Å². The molecule has 1 N–H and O–H groups in total. The number of aryl methyl sites for hydroxylation is 1. The maximum atomic E-state index is 10.8. The summed E-state index contributed by atoms with van der Waals surface area (Å²) in [4.78, 5) is 0. The van der Waals surface area contributed by atoms with E-state index in [0.29, 0.717) is 13.0 Å². The van der Waals surface area contributed by atoms with Gasteiger partial charge in [-0.25, -0.2) is 0 Å². The summed E-state index contributed by atoms with van der Waals surface area (Å²) in [6.45, 7) is 0.309. The second kappa shape index (κ2) is 6.50. The molecule has 0 amide bonds. The van der Waals surface area contributed by atoms with Crippen LogP contribution in [0.4, 0.5) is 0 Å². The fourth-order valence-electron chi connectivity index (χ4n) is 2.28. The summed E-state index contributed by atoms with van der Waals surface area (Å²) in [6.07, 6.45) is 1.48. The highest BCUT2D eigenvalue weighted by molar-refractivity contribution is 5.23. The smallest absolute Gasteiger partial charge is 0.113 e. The van der Waals surface area contributed by atoms with E-state index in [0.717, 1.165) is 12.0 Å². The minimum atomic E-state index is -0.925. The van der Waals surface area contributed by atoms with E-state index in [4.69, 9.17) is 4.74 Å². The zero-order valence-corrected chi connectivity index (χ0v) is 11.3. The molecule has 2 nitrogen and oxygen atoms in total. The predicted molar refractivity (Wildman–Crippen MR) is 77.0 cm³/mol. The largest absolute Gasteiger partial charge is 0.383 e. The van der Waals surface area contributed by atoms with Gasteiger partial charge in [0.05, 0.1) is 6.61 Å². The molecule has 0 saturated carbocycles. The molecule has 2 aromatic rings. The van der Waals surface area contributed by atoms with E-state index >= 15 is 0 Å². The normalized spacial score (nSPS) is 14.0. The number of benzene rings is 2. The summed E-state index contributed by atoms with van der Waals surface area (Å²) < 4.78 is 5.20. The molecule has 0 aliphatic carbocycles. The first-order valence-corrected chi connectivity index (χ1v) is 6.55. The Balaban J connectivity index is 2.12.